The number of nitrogens with zero attached hydrogens (tertiary/aromatic N) is 1. The van der Waals surface area contributed by atoms with E-state index in [0.717, 1.165) is 13.1 Å². The maximum atomic E-state index is 12.4. The van der Waals surface area contributed by atoms with Gasteiger partial charge >= 0.3 is 0 Å². The molecular formula is C17H18Cl2N2OS. The number of carbonyl (C=O) groups is 1. The van der Waals surface area contributed by atoms with Crippen molar-refractivity contribution in [3.05, 3.63) is 56.2 Å². The molecule has 2 heterocycles. The van der Waals surface area contributed by atoms with E-state index in [4.69, 9.17) is 23.2 Å². The molecule has 1 aromatic carbocycles. The molecule has 1 aliphatic rings. The van der Waals surface area contributed by atoms with Crippen LogP contribution >= 0.6 is 34.5 Å². The molecule has 2 aromatic rings. The second-order valence-corrected chi connectivity index (χ2v) is 7.41. The van der Waals surface area contributed by atoms with Crippen LogP contribution in [0.4, 0.5) is 0 Å². The Morgan fingerprint density at radius 2 is 2.00 bits per heavy atom. The lowest BCUT2D eigenvalue weighted by atomic mass is 10.2. The monoisotopic (exact) mass is 368 g/mol. The lowest BCUT2D eigenvalue weighted by molar-refractivity contribution is 0.0938. The Morgan fingerprint density at radius 1 is 1.22 bits per heavy atom. The number of carbonyl (C=O) groups excluding carboxylic acids is 1. The molecule has 1 atom stereocenters. The largest absolute Gasteiger partial charge is 0.350 e. The van der Waals surface area contributed by atoms with E-state index >= 15 is 0 Å². The van der Waals surface area contributed by atoms with Gasteiger partial charge in [-0.3, -0.25) is 9.69 Å². The van der Waals surface area contributed by atoms with Crippen molar-refractivity contribution in [3.63, 3.8) is 0 Å². The van der Waals surface area contributed by atoms with Crippen molar-refractivity contribution in [1.29, 1.82) is 0 Å². The molecule has 1 saturated heterocycles. The van der Waals surface area contributed by atoms with Crippen molar-refractivity contribution in [2.75, 3.05) is 19.6 Å². The van der Waals surface area contributed by atoms with Crippen LogP contribution < -0.4 is 5.32 Å². The van der Waals surface area contributed by atoms with Crippen LogP contribution in [0.25, 0.3) is 0 Å². The van der Waals surface area contributed by atoms with Crippen LogP contribution in [0.15, 0.2) is 35.7 Å². The topological polar surface area (TPSA) is 32.3 Å². The Hall–Kier alpha value is -1.07. The van der Waals surface area contributed by atoms with Crippen molar-refractivity contribution in [2.45, 2.75) is 18.9 Å². The zero-order chi connectivity index (χ0) is 16.2. The number of hydrogen-bond acceptors (Lipinski definition) is 3. The first-order valence-corrected chi connectivity index (χ1v) is 9.29. The van der Waals surface area contributed by atoms with Crippen LogP contribution in [-0.2, 0) is 0 Å². The summed E-state index contributed by atoms with van der Waals surface area (Å²) in [5.74, 6) is -0.121. The minimum absolute atomic E-state index is 0.121. The molecular weight excluding hydrogens is 351 g/mol. The standard InChI is InChI=1S/C17H18Cl2N2OS/c18-13-6-5-12(10-14(13)19)17(22)20-11-15(16-4-3-9-23-16)21-7-1-2-8-21/h3-6,9-10,15H,1-2,7-8,11H2,(H,20,22). The van der Waals surface area contributed by atoms with Crippen molar-refractivity contribution in [1.82, 2.24) is 10.2 Å². The van der Waals surface area contributed by atoms with Crippen LogP contribution in [0.1, 0.15) is 34.1 Å². The van der Waals surface area contributed by atoms with E-state index in [1.807, 2.05) is 0 Å². The Morgan fingerprint density at radius 3 is 2.65 bits per heavy atom. The first kappa shape index (κ1) is 16.8. The zero-order valence-corrected chi connectivity index (χ0v) is 14.9. The maximum absolute atomic E-state index is 12.4. The summed E-state index contributed by atoms with van der Waals surface area (Å²) in [4.78, 5) is 16.1. The molecule has 1 fully saturated rings. The summed E-state index contributed by atoms with van der Waals surface area (Å²) < 4.78 is 0. The summed E-state index contributed by atoms with van der Waals surface area (Å²) in [5, 5.41) is 5.97. The molecule has 0 bridgehead atoms. The van der Waals surface area contributed by atoms with E-state index in [1.165, 1.54) is 17.7 Å². The van der Waals surface area contributed by atoms with Crippen molar-refractivity contribution >= 4 is 40.4 Å². The highest BCUT2D eigenvalue weighted by atomic mass is 35.5. The van der Waals surface area contributed by atoms with Gasteiger partial charge in [0.2, 0.25) is 0 Å². The van der Waals surface area contributed by atoms with Gasteiger partial charge in [0.15, 0.2) is 0 Å². The number of amides is 1. The third-order valence-electron chi connectivity index (χ3n) is 4.09. The quantitative estimate of drug-likeness (QED) is 0.834. The summed E-state index contributed by atoms with van der Waals surface area (Å²) in [5.41, 5.74) is 0.533. The summed E-state index contributed by atoms with van der Waals surface area (Å²) >= 11 is 13.6. The third kappa shape index (κ3) is 4.07. The van der Waals surface area contributed by atoms with Crippen LogP contribution in [0.2, 0.25) is 10.0 Å². The van der Waals surface area contributed by atoms with Crippen molar-refractivity contribution < 1.29 is 4.79 Å². The van der Waals surface area contributed by atoms with Gasteiger partial charge in [0, 0.05) is 17.0 Å². The fourth-order valence-electron chi connectivity index (χ4n) is 2.87. The molecule has 1 amide bonds. The van der Waals surface area contributed by atoms with Crippen molar-refractivity contribution in [3.8, 4) is 0 Å². The average molecular weight is 369 g/mol. The Kier molecular flexibility index (Phi) is 5.59. The Labute approximate surface area is 150 Å². The fraction of sp³-hybridized carbons (Fsp3) is 0.353. The van der Waals surface area contributed by atoms with Gasteiger partial charge in [0.1, 0.15) is 0 Å². The van der Waals surface area contributed by atoms with Gasteiger partial charge in [-0.15, -0.1) is 11.3 Å². The highest BCUT2D eigenvalue weighted by Crippen LogP contribution is 2.28. The number of nitrogens with one attached hydrogen (secondary N) is 1. The summed E-state index contributed by atoms with van der Waals surface area (Å²) in [6.45, 7) is 2.77. The van der Waals surface area contributed by atoms with Crippen LogP contribution in [0, 0.1) is 0 Å². The molecule has 0 saturated carbocycles. The van der Waals surface area contributed by atoms with Crippen LogP contribution in [0.5, 0.6) is 0 Å². The molecule has 0 spiro atoms. The van der Waals surface area contributed by atoms with Crippen molar-refractivity contribution in [2.24, 2.45) is 0 Å². The molecule has 0 radical (unpaired) electrons. The number of hydrogen-bond donors (Lipinski definition) is 1. The molecule has 1 unspecified atom stereocenters. The predicted molar refractivity (Wildman–Crippen MR) is 96.7 cm³/mol. The number of halogens is 2. The molecule has 3 rings (SSSR count). The summed E-state index contributed by atoms with van der Waals surface area (Å²) in [6.07, 6.45) is 2.45. The Balaban J connectivity index is 1.68. The van der Waals surface area contributed by atoms with Crippen LogP contribution in [0.3, 0.4) is 0 Å². The second kappa shape index (κ2) is 7.67. The normalized spacial score (nSPS) is 16.4. The molecule has 1 aliphatic heterocycles. The lowest BCUT2D eigenvalue weighted by Gasteiger charge is -2.27. The zero-order valence-electron chi connectivity index (χ0n) is 12.6. The highest BCUT2D eigenvalue weighted by molar-refractivity contribution is 7.10. The van der Waals surface area contributed by atoms with E-state index in [-0.39, 0.29) is 11.9 Å². The van der Waals surface area contributed by atoms with Gasteiger partial charge in [0.05, 0.1) is 16.1 Å². The van der Waals surface area contributed by atoms with Gasteiger partial charge < -0.3 is 5.32 Å². The van der Waals surface area contributed by atoms with Gasteiger partial charge in [-0.25, -0.2) is 0 Å². The summed E-state index contributed by atoms with van der Waals surface area (Å²) in [7, 11) is 0. The molecule has 6 heteroatoms. The maximum Gasteiger partial charge on any atom is 0.251 e. The van der Waals surface area contributed by atoms with E-state index in [2.05, 4.69) is 27.7 Å². The highest BCUT2D eigenvalue weighted by Gasteiger charge is 2.24. The summed E-state index contributed by atoms with van der Waals surface area (Å²) in [6, 6.07) is 9.39. The SMILES string of the molecule is O=C(NCC(c1cccs1)N1CCCC1)c1ccc(Cl)c(Cl)c1. The molecule has 122 valence electrons. The number of benzene rings is 1. The minimum atomic E-state index is -0.121. The second-order valence-electron chi connectivity index (χ2n) is 5.61. The molecule has 0 aliphatic carbocycles. The van der Waals surface area contributed by atoms with E-state index in [1.54, 1.807) is 29.5 Å². The number of likely N-dealkylation sites (tertiary alicyclic amines) is 1. The first-order chi connectivity index (χ1) is 11.1. The van der Waals surface area contributed by atoms with E-state index < -0.39 is 0 Å². The lowest BCUT2D eigenvalue weighted by Crippen LogP contribution is -2.36. The molecule has 1 N–H and O–H groups in total. The Bertz CT molecular complexity index is 669. The molecule has 1 aromatic heterocycles. The van der Waals surface area contributed by atoms with Gasteiger partial charge in [-0.05, 0) is 55.6 Å². The fourth-order valence-corrected chi connectivity index (χ4v) is 4.03. The van der Waals surface area contributed by atoms with Gasteiger partial charge in [-0.1, -0.05) is 29.3 Å². The third-order valence-corrected chi connectivity index (χ3v) is 5.80. The average Bonchev–Trinajstić information content (AvgIpc) is 3.24. The number of rotatable bonds is 5. The van der Waals surface area contributed by atoms with Crippen LogP contribution in [-0.4, -0.2) is 30.4 Å². The van der Waals surface area contributed by atoms with Gasteiger partial charge in [-0.2, -0.15) is 0 Å². The molecule has 3 nitrogen and oxygen atoms in total. The number of thiophene rings is 1. The predicted octanol–water partition coefficient (Wildman–Crippen LogP) is 4.62. The van der Waals surface area contributed by atoms with E-state index in [9.17, 15) is 4.79 Å². The minimum Gasteiger partial charge on any atom is -0.350 e. The first-order valence-electron chi connectivity index (χ1n) is 7.66. The smallest absolute Gasteiger partial charge is 0.251 e. The van der Waals surface area contributed by atoms with Gasteiger partial charge in [0.25, 0.3) is 5.91 Å². The van der Waals surface area contributed by atoms with E-state index in [0.29, 0.717) is 22.2 Å². The molecule has 23 heavy (non-hydrogen) atoms.